The summed E-state index contributed by atoms with van der Waals surface area (Å²) in [5.74, 6) is 0.285. The molecule has 1 heterocycles. The van der Waals surface area contributed by atoms with E-state index < -0.39 is 0 Å². The highest BCUT2D eigenvalue weighted by Gasteiger charge is 2.32. The summed E-state index contributed by atoms with van der Waals surface area (Å²) >= 11 is 0. The zero-order valence-corrected chi connectivity index (χ0v) is 8.89. The van der Waals surface area contributed by atoms with Crippen molar-refractivity contribution < 1.29 is 9.53 Å². The highest BCUT2D eigenvalue weighted by atomic mass is 16.6. The van der Waals surface area contributed by atoms with Crippen LogP contribution in [0.2, 0.25) is 0 Å². The number of rotatable bonds is 1. The Kier molecular flexibility index (Phi) is 2.96. The zero-order valence-electron chi connectivity index (χ0n) is 8.89. The van der Waals surface area contributed by atoms with Crippen LogP contribution in [-0.4, -0.2) is 24.2 Å². The zero-order chi connectivity index (χ0) is 10.1. The van der Waals surface area contributed by atoms with Crippen LogP contribution in [0.4, 0.5) is 0 Å². The van der Waals surface area contributed by atoms with E-state index in [1.54, 1.807) is 0 Å². The van der Waals surface area contributed by atoms with Gasteiger partial charge in [0.25, 0.3) is 0 Å². The Hall–Kier alpha value is -0.570. The van der Waals surface area contributed by atoms with Gasteiger partial charge in [-0.2, -0.15) is 0 Å². The Balaban J connectivity index is 2.48. The minimum atomic E-state index is -0.374. The van der Waals surface area contributed by atoms with Gasteiger partial charge in [-0.25, -0.2) is 0 Å². The topological polar surface area (TPSA) is 38.3 Å². The Bertz CT molecular complexity index is 196. The average Bonchev–Trinajstić information content (AvgIpc) is 2.30. The quantitative estimate of drug-likeness (QED) is 0.626. The van der Waals surface area contributed by atoms with E-state index >= 15 is 0 Å². The summed E-state index contributed by atoms with van der Waals surface area (Å²) in [5, 5.41) is 3.15. The van der Waals surface area contributed by atoms with Crippen LogP contribution in [0.15, 0.2) is 0 Å². The first-order chi connectivity index (χ1) is 5.90. The summed E-state index contributed by atoms with van der Waals surface area (Å²) in [4.78, 5) is 11.6. The smallest absolute Gasteiger partial charge is 0.323 e. The highest BCUT2D eigenvalue weighted by Crippen LogP contribution is 2.18. The number of nitrogens with one attached hydrogen (secondary N) is 1. The van der Waals surface area contributed by atoms with Crippen molar-refractivity contribution >= 4 is 5.97 Å². The molecule has 76 valence electrons. The van der Waals surface area contributed by atoms with Crippen molar-refractivity contribution in [2.75, 3.05) is 6.54 Å². The molecule has 0 aliphatic carbocycles. The summed E-state index contributed by atoms with van der Waals surface area (Å²) in [7, 11) is 0. The maximum atomic E-state index is 11.6. The van der Waals surface area contributed by atoms with Gasteiger partial charge in [0, 0.05) is 0 Å². The number of carbonyl (C=O) groups is 1. The summed E-state index contributed by atoms with van der Waals surface area (Å²) in [6.45, 7) is 8.68. The maximum Gasteiger partial charge on any atom is 0.323 e. The molecule has 3 nitrogen and oxygen atoms in total. The van der Waals surface area contributed by atoms with Gasteiger partial charge in [0.2, 0.25) is 0 Å². The molecular weight excluding hydrogens is 166 g/mol. The molecule has 1 rings (SSSR count). The van der Waals surface area contributed by atoms with Gasteiger partial charge in [0.05, 0.1) is 0 Å². The average molecular weight is 185 g/mol. The van der Waals surface area contributed by atoms with Crippen LogP contribution in [0.1, 0.15) is 34.1 Å². The van der Waals surface area contributed by atoms with Gasteiger partial charge in [-0.05, 0) is 39.7 Å². The SMILES string of the molecule is C[C@H]1CCN[C@@H]1C(=O)OC(C)(C)C. The van der Waals surface area contributed by atoms with Crippen LogP contribution >= 0.6 is 0 Å². The normalized spacial score (nSPS) is 28.9. The summed E-state index contributed by atoms with van der Waals surface area (Å²) in [5.41, 5.74) is -0.374. The van der Waals surface area contributed by atoms with E-state index in [0.717, 1.165) is 13.0 Å². The van der Waals surface area contributed by atoms with E-state index in [-0.39, 0.29) is 17.6 Å². The van der Waals surface area contributed by atoms with Crippen LogP contribution < -0.4 is 5.32 Å². The molecule has 0 aromatic carbocycles. The number of hydrogen-bond acceptors (Lipinski definition) is 3. The molecule has 0 aromatic rings. The summed E-state index contributed by atoms with van der Waals surface area (Å²) < 4.78 is 5.29. The fourth-order valence-electron chi connectivity index (χ4n) is 1.52. The predicted molar refractivity (Wildman–Crippen MR) is 51.4 cm³/mol. The molecule has 0 spiro atoms. The third kappa shape index (κ3) is 2.99. The molecule has 3 heteroatoms. The van der Waals surface area contributed by atoms with Gasteiger partial charge in [0.1, 0.15) is 11.6 Å². The first-order valence-corrected chi connectivity index (χ1v) is 4.86. The van der Waals surface area contributed by atoms with Crippen molar-refractivity contribution in [3.63, 3.8) is 0 Å². The Labute approximate surface area is 79.8 Å². The van der Waals surface area contributed by atoms with E-state index in [0.29, 0.717) is 5.92 Å². The third-order valence-corrected chi connectivity index (χ3v) is 2.19. The standard InChI is InChI=1S/C10H19NO2/c1-7-5-6-11-8(7)9(12)13-10(2,3)4/h7-8,11H,5-6H2,1-4H3/t7-,8-/m0/s1. The predicted octanol–water partition coefficient (Wildman–Crippen LogP) is 1.33. The van der Waals surface area contributed by atoms with E-state index in [9.17, 15) is 4.79 Å². The van der Waals surface area contributed by atoms with Crippen LogP contribution in [0, 0.1) is 5.92 Å². The molecule has 1 fully saturated rings. The largest absolute Gasteiger partial charge is 0.459 e. The fraction of sp³-hybridized carbons (Fsp3) is 0.900. The van der Waals surface area contributed by atoms with Gasteiger partial charge in [-0.1, -0.05) is 6.92 Å². The van der Waals surface area contributed by atoms with Crippen LogP contribution in [0.3, 0.4) is 0 Å². The second-order valence-electron chi connectivity index (χ2n) is 4.73. The first-order valence-electron chi connectivity index (χ1n) is 4.86. The highest BCUT2D eigenvalue weighted by molar-refractivity contribution is 5.76. The molecule has 0 saturated carbocycles. The van der Waals surface area contributed by atoms with E-state index in [1.165, 1.54) is 0 Å². The lowest BCUT2D eigenvalue weighted by Crippen LogP contribution is -2.40. The van der Waals surface area contributed by atoms with Crippen molar-refractivity contribution in [2.45, 2.75) is 45.8 Å². The number of ether oxygens (including phenoxy) is 1. The molecule has 1 N–H and O–H groups in total. The van der Waals surface area contributed by atoms with Crippen molar-refractivity contribution in [1.82, 2.24) is 5.32 Å². The maximum absolute atomic E-state index is 11.6. The molecule has 1 saturated heterocycles. The molecule has 0 aromatic heterocycles. The Morgan fingerprint density at radius 1 is 1.46 bits per heavy atom. The minimum absolute atomic E-state index is 0.0979. The molecule has 1 aliphatic rings. The van der Waals surface area contributed by atoms with Crippen molar-refractivity contribution in [3.05, 3.63) is 0 Å². The van der Waals surface area contributed by atoms with Gasteiger partial charge in [-0.15, -0.1) is 0 Å². The molecule has 2 atom stereocenters. The Morgan fingerprint density at radius 2 is 2.08 bits per heavy atom. The molecule has 0 amide bonds. The molecule has 0 radical (unpaired) electrons. The monoisotopic (exact) mass is 185 g/mol. The lowest BCUT2D eigenvalue weighted by atomic mass is 10.0. The summed E-state index contributed by atoms with van der Waals surface area (Å²) in [6.07, 6.45) is 1.06. The lowest BCUT2D eigenvalue weighted by Gasteiger charge is -2.23. The lowest BCUT2D eigenvalue weighted by molar-refractivity contribution is -0.158. The minimum Gasteiger partial charge on any atom is -0.459 e. The molecule has 0 bridgehead atoms. The van der Waals surface area contributed by atoms with Crippen molar-refractivity contribution in [3.8, 4) is 0 Å². The Morgan fingerprint density at radius 3 is 2.46 bits per heavy atom. The van der Waals surface area contributed by atoms with Gasteiger partial charge in [-0.3, -0.25) is 4.79 Å². The van der Waals surface area contributed by atoms with Crippen molar-refractivity contribution in [2.24, 2.45) is 5.92 Å². The molecule has 13 heavy (non-hydrogen) atoms. The second kappa shape index (κ2) is 3.66. The van der Waals surface area contributed by atoms with Gasteiger partial charge >= 0.3 is 5.97 Å². The van der Waals surface area contributed by atoms with Crippen molar-refractivity contribution in [1.29, 1.82) is 0 Å². The second-order valence-corrected chi connectivity index (χ2v) is 4.73. The first kappa shape index (κ1) is 10.5. The van der Waals surface area contributed by atoms with Crippen LogP contribution in [0.5, 0.6) is 0 Å². The summed E-state index contributed by atoms with van der Waals surface area (Å²) in [6, 6.07) is -0.0979. The van der Waals surface area contributed by atoms with E-state index in [1.807, 2.05) is 20.8 Å². The fourth-order valence-corrected chi connectivity index (χ4v) is 1.52. The number of hydrogen-bond donors (Lipinski definition) is 1. The number of carbonyl (C=O) groups excluding carboxylic acids is 1. The van der Waals surface area contributed by atoms with Crippen LogP contribution in [0.25, 0.3) is 0 Å². The van der Waals surface area contributed by atoms with Gasteiger partial charge in [0.15, 0.2) is 0 Å². The third-order valence-electron chi connectivity index (χ3n) is 2.19. The van der Waals surface area contributed by atoms with E-state index in [2.05, 4.69) is 12.2 Å². The van der Waals surface area contributed by atoms with Gasteiger partial charge < -0.3 is 10.1 Å². The molecular formula is C10H19NO2. The number of esters is 1. The molecule has 1 aliphatic heterocycles. The van der Waals surface area contributed by atoms with Crippen LogP contribution in [-0.2, 0) is 9.53 Å². The van der Waals surface area contributed by atoms with E-state index in [4.69, 9.17) is 4.74 Å². The molecule has 0 unspecified atom stereocenters.